The molecule has 0 saturated heterocycles. The van der Waals surface area contributed by atoms with E-state index in [2.05, 4.69) is 92.3 Å². The summed E-state index contributed by atoms with van der Waals surface area (Å²) in [4.78, 5) is 0. The van der Waals surface area contributed by atoms with Gasteiger partial charge in [0.05, 0.1) is 10.8 Å². The number of hydrogen-bond donors (Lipinski definition) is 0. The summed E-state index contributed by atoms with van der Waals surface area (Å²) in [5.41, 5.74) is 9.87. The van der Waals surface area contributed by atoms with Crippen LogP contribution in [0.1, 0.15) is 22.3 Å². The van der Waals surface area contributed by atoms with Crippen LogP contribution in [-0.4, -0.2) is 0 Å². The minimum Gasteiger partial charge on any atom is -0.200 e. The van der Waals surface area contributed by atoms with Gasteiger partial charge in [-0.3, -0.25) is 0 Å². The standard InChI is InChI=1S/C27H22N/c1-16-12-13-28(3)27-24(16)22-11-7-6-10-21(22)23-15-19-14-18-8-4-5-9-20(18)25(19)17(2)26(23)27/h4-13,15H,14H2,1-3H3/q+1. The normalized spacial score (nSPS) is 12.7. The predicted molar refractivity (Wildman–Crippen MR) is 118 cm³/mol. The Hall–Kier alpha value is -3.19. The molecule has 0 bridgehead atoms. The van der Waals surface area contributed by atoms with Crippen molar-refractivity contribution < 1.29 is 4.57 Å². The van der Waals surface area contributed by atoms with Crippen LogP contribution in [0.3, 0.4) is 0 Å². The van der Waals surface area contributed by atoms with Crippen molar-refractivity contribution in [2.75, 3.05) is 0 Å². The fourth-order valence-corrected chi connectivity index (χ4v) is 5.36. The maximum atomic E-state index is 2.46. The van der Waals surface area contributed by atoms with E-state index < -0.39 is 0 Å². The van der Waals surface area contributed by atoms with Crippen LogP contribution < -0.4 is 4.57 Å². The molecule has 1 aliphatic carbocycles. The van der Waals surface area contributed by atoms with Crippen molar-refractivity contribution in [1.29, 1.82) is 0 Å². The minimum absolute atomic E-state index is 1.04. The highest BCUT2D eigenvalue weighted by Gasteiger charge is 2.26. The SMILES string of the molecule is Cc1cc[n+](C)c2c1c1ccccc1c1cc3c(c(C)c12)-c1ccccc1C3. The number of pyridine rings is 1. The zero-order valence-electron chi connectivity index (χ0n) is 16.5. The van der Waals surface area contributed by atoms with Gasteiger partial charge in [0.15, 0.2) is 6.20 Å². The number of nitrogens with zero attached hydrogens (tertiary/aromatic N) is 1. The lowest BCUT2D eigenvalue weighted by Gasteiger charge is -2.15. The van der Waals surface area contributed by atoms with Crippen LogP contribution in [0.25, 0.3) is 43.6 Å². The quantitative estimate of drug-likeness (QED) is 0.226. The summed E-state index contributed by atoms with van der Waals surface area (Å²) in [5.74, 6) is 0. The van der Waals surface area contributed by atoms with Gasteiger partial charge in [-0.2, -0.15) is 0 Å². The molecule has 1 heteroatoms. The van der Waals surface area contributed by atoms with Gasteiger partial charge in [-0.25, -0.2) is 4.57 Å². The van der Waals surface area contributed by atoms with E-state index in [0.717, 1.165) is 6.42 Å². The summed E-state index contributed by atoms with van der Waals surface area (Å²) in [7, 11) is 2.18. The summed E-state index contributed by atoms with van der Waals surface area (Å²) in [5, 5.41) is 6.88. The lowest BCUT2D eigenvalue weighted by molar-refractivity contribution is -0.644. The second-order valence-corrected chi connectivity index (χ2v) is 8.17. The van der Waals surface area contributed by atoms with Gasteiger partial charge in [-0.05, 0) is 75.9 Å². The first-order chi connectivity index (χ1) is 13.6. The van der Waals surface area contributed by atoms with Crippen molar-refractivity contribution in [3.05, 3.63) is 89.1 Å². The van der Waals surface area contributed by atoms with Crippen LogP contribution in [0, 0.1) is 13.8 Å². The maximum absolute atomic E-state index is 2.46. The predicted octanol–water partition coefficient (Wildman–Crippen LogP) is 6.16. The summed E-state index contributed by atoms with van der Waals surface area (Å²) in [6, 6.07) is 22.5. The molecule has 0 unspecified atom stereocenters. The first kappa shape index (κ1) is 15.8. The molecular formula is C27H22N+. The molecule has 1 heterocycles. The van der Waals surface area contributed by atoms with Crippen LogP contribution >= 0.6 is 0 Å². The largest absolute Gasteiger partial charge is 0.221 e. The Morgan fingerprint density at radius 3 is 2.36 bits per heavy atom. The number of aromatic nitrogens is 1. The molecule has 5 aromatic rings. The molecule has 0 fully saturated rings. The summed E-state index contributed by atoms with van der Waals surface area (Å²) < 4.78 is 2.30. The minimum atomic E-state index is 1.04. The number of hydrogen-bond acceptors (Lipinski definition) is 0. The lowest BCUT2D eigenvalue weighted by Crippen LogP contribution is -2.29. The fourth-order valence-electron chi connectivity index (χ4n) is 5.36. The Morgan fingerprint density at radius 2 is 1.50 bits per heavy atom. The summed E-state index contributed by atoms with van der Waals surface area (Å²) in [6.45, 7) is 4.55. The Kier molecular flexibility index (Phi) is 3.06. The molecule has 28 heavy (non-hydrogen) atoms. The molecule has 1 aromatic heterocycles. The van der Waals surface area contributed by atoms with Crippen LogP contribution in [0.5, 0.6) is 0 Å². The molecular weight excluding hydrogens is 338 g/mol. The first-order valence-corrected chi connectivity index (χ1v) is 9.99. The molecule has 1 nitrogen and oxygen atoms in total. The highest BCUT2D eigenvalue weighted by Crippen LogP contribution is 2.45. The first-order valence-electron chi connectivity index (χ1n) is 9.99. The van der Waals surface area contributed by atoms with Crippen molar-refractivity contribution in [2.24, 2.45) is 7.05 Å². The van der Waals surface area contributed by atoms with Crippen LogP contribution in [0.15, 0.2) is 66.9 Å². The van der Waals surface area contributed by atoms with E-state index in [1.807, 2.05) is 0 Å². The molecule has 0 spiro atoms. The van der Waals surface area contributed by atoms with Crippen molar-refractivity contribution in [3.63, 3.8) is 0 Å². The average molecular weight is 360 g/mol. The second-order valence-electron chi connectivity index (χ2n) is 8.17. The van der Waals surface area contributed by atoms with Gasteiger partial charge in [-0.15, -0.1) is 0 Å². The summed E-state index contributed by atoms with van der Waals surface area (Å²) >= 11 is 0. The van der Waals surface area contributed by atoms with Gasteiger partial charge in [0.2, 0.25) is 5.52 Å². The fraction of sp³-hybridized carbons (Fsp3) is 0.148. The van der Waals surface area contributed by atoms with Crippen molar-refractivity contribution in [3.8, 4) is 11.1 Å². The zero-order chi connectivity index (χ0) is 19.0. The topological polar surface area (TPSA) is 3.88 Å². The van der Waals surface area contributed by atoms with Gasteiger partial charge in [0.25, 0.3) is 0 Å². The average Bonchev–Trinajstić information content (AvgIpc) is 3.09. The van der Waals surface area contributed by atoms with E-state index in [1.54, 1.807) is 0 Å². The highest BCUT2D eigenvalue weighted by molar-refractivity contribution is 6.25. The summed E-state index contributed by atoms with van der Waals surface area (Å²) in [6.07, 6.45) is 3.24. The molecule has 0 radical (unpaired) electrons. The van der Waals surface area contributed by atoms with Gasteiger partial charge in [0.1, 0.15) is 7.05 Å². The maximum Gasteiger partial charge on any atom is 0.221 e. The Bertz CT molecular complexity index is 1460. The van der Waals surface area contributed by atoms with Crippen LogP contribution in [0.2, 0.25) is 0 Å². The van der Waals surface area contributed by atoms with E-state index in [9.17, 15) is 0 Å². The number of benzene rings is 4. The highest BCUT2D eigenvalue weighted by atomic mass is 14.9. The third-order valence-corrected chi connectivity index (χ3v) is 6.58. The smallest absolute Gasteiger partial charge is 0.200 e. The molecule has 134 valence electrons. The van der Waals surface area contributed by atoms with Gasteiger partial charge in [0, 0.05) is 6.07 Å². The number of aryl methyl sites for hydroxylation is 3. The third-order valence-electron chi connectivity index (χ3n) is 6.58. The van der Waals surface area contributed by atoms with E-state index >= 15 is 0 Å². The van der Waals surface area contributed by atoms with E-state index in [-0.39, 0.29) is 0 Å². The van der Waals surface area contributed by atoms with Gasteiger partial charge < -0.3 is 0 Å². The third kappa shape index (κ3) is 1.89. The molecule has 6 rings (SSSR count). The molecule has 0 atom stereocenters. The van der Waals surface area contributed by atoms with E-state index in [1.165, 1.54) is 65.8 Å². The lowest BCUT2D eigenvalue weighted by atomic mass is 9.88. The molecule has 0 N–H and O–H groups in total. The molecule has 0 aliphatic heterocycles. The van der Waals surface area contributed by atoms with Crippen molar-refractivity contribution in [1.82, 2.24) is 0 Å². The zero-order valence-corrected chi connectivity index (χ0v) is 16.5. The Balaban J connectivity index is 1.94. The van der Waals surface area contributed by atoms with Gasteiger partial charge in [-0.1, -0.05) is 48.5 Å². The Labute approximate surface area is 164 Å². The van der Waals surface area contributed by atoms with E-state index in [0.29, 0.717) is 0 Å². The molecule has 1 aliphatic rings. The Morgan fingerprint density at radius 1 is 0.750 bits per heavy atom. The van der Waals surface area contributed by atoms with Crippen molar-refractivity contribution >= 4 is 32.4 Å². The molecule has 4 aromatic carbocycles. The van der Waals surface area contributed by atoms with Crippen molar-refractivity contribution in [2.45, 2.75) is 20.3 Å². The number of fused-ring (bicyclic) bond motifs is 9. The van der Waals surface area contributed by atoms with Crippen LogP contribution in [-0.2, 0) is 13.5 Å². The van der Waals surface area contributed by atoms with Gasteiger partial charge >= 0.3 is 0 Å². The number of rotatable bonds is 0. The molecule has 0 amide bonds. The van der Waals surface area contributed by atoms with Crippen LogP contribution in [0.4, 0.5) is 0 Å². The monoisotopic (exact) mass is 360 g/mol. The second kappa shape index (κ2) is 5.42. The van der Waals surface area contributed by atoms with E-state index in [4.69, 9.17) is 0 Å². The molecule has 0 saturated carbocycles.